The number of imide groups is 1. The monoisotopic (exact) mass is 308 g/mol. The number of hydroxylamine groups is 1. The molecule has 4 rings (SSSR count). The lowest BCUT2D eigenvalue weighted by molar-refractivity contribution is -0.141. The topological polar surface area (TPSA) is 49.9 Å². The van der Waals surface area contributed by atoms with E-state index < -0.39 is 12.0 Å². The SMILES string of the molecule is CN1C(=O)[C@H]2[C@H](ON(c3ccccc3)[C@H]2c2ccccc2)C1=O. The van der Waals surface area contributed by atoms with Gasteiger partial charge in [0, 0.05) is 7.05 Å². The molecule has 2 aliphatic rings. The lowest BCUT2D eigenvalue weighted by Crippen LogP contribution is -2.34. The highest BCUT2D eigenvalue weighted by atomic mass is 16.7. The summed E-state index contributed by atoms with van der Waals surface area (Å²) < 4.78 is 0. The Labute approximate surface area is 134 Å². The number of amides is 2. The summed E-state index contributed by atoms with van der Waals surface area (Å²) in [6.45, 7) is 0. The Kier molecular flexibility index (Phi) is 3.16. The van der Waals surface area contributed by atoms with Crippen LogP contribution in [0.2, 0.25) is 0 Å². The van der Waals surface area contributed by atoms with Crippen LogP contribution in [0.25, 0.3) is 0 Å². The molecule has 2 aliphatic heterocycles. The molecule has 2 amide bonds. The number of para-hydroxylation sites is 1. The van der Waals surface area contributed by atoms with Gasteiger partial charge in [0.25, 0.3) is 5.91 Å². The van der Waals surface area contributed by atoms with Crippen LogP contribution in [0.3, 0.4) is 0 Å². The summed E-state index contributed by atoms with van der Waals surface area (Å²) in [7, 11) is 1.52. The molecule has 0 bridgehead atoms. The van der Waals surface area contributed by atoms with Crippen LogP contribution in [-0.2, 0) is 14.4 Å². The average molecular weight is 308 g/mol. The molecule has 2 heterocycles. The van der Waals surface area contributed by atoms with E-state index >= 15 is 0 Å². The van der Waals surface area contributed by atoms with Gasteiger partial charge in [0.05, 0.1) is 11.7 Å². The Morgan fingerprint density at radius 2 is 1.48 bits per heavy atom. The van der Waals surface area contributed by atoms with Gasteiger partial charge in [0.15, 0.2) is 6.10 Å². The van der Waals surface area contributed by atoms with Crippen LogP contribution < -0.4 is 5.06 Å². The zero-order valence-corrected chi connectivity index (χ0v) is 12.6. The molecule has 2 aromatic carbocycles. The maximum Gasteiger partial charge on any atom is 0.261 e. The van der Waals surface area contributed by atoms with Gasteiger partial charge in [-0.15, -0.1) is 0 Å². The molecule has 2 fully saturated rings. The van der Waals surface area contributed by atoms with Crippen molar-refractivity contribution in [3.8, 4) is 0 Å². The normalized spacial score (nSPS) is 26.7. The maximum absolute atomic E-state index is 12.6. The van der Waals surface area contributed by atoms with Crippen molar-refractivity contribution in [2.24, 2.45) is 5.92 Å². The van der Waals surface area contributed by atoms with E-state index in [0.29, 0.717) is 0 Å². The van der Waals surface area contributed by atoms with E-state index in [4.69, 9.17) is 4.84 Å². The number of anilines is 1. The first-order valence-corrected chi connectivity index (χ1v) is 7.56. The number of hydrogen-bond donors (Lipinski definition) is 0. The third-order valence-corrected chi connectivity index (χ3v) is 4.49. The Morgan fingerprint density at radius 1 is 0.870 bits per heavy atom. The van der Waals surface area contributed by atoms with Gasteiger partial charge in [-0.25, -0.2) is 5.06 Å². The highest BCUT2D eigenvalue weighted by Crippen LogP contribution is 2.46. The molecule has 116 valence electrons. The van der Waals surface area contributed by atoms with Crippen molar-refractivity contribution in [2.75, 3.05) is 12.1 Å². The van der Waals surface area contributed by atoms with Crippen molar-refractivity contribution in [1.29, 1.82) is 0 Å². The zero-order valence-electron chi connectivity index (χ0n) is 12.6. The molecule has 0 spiro atoms. The fourth-order valence-electron chi connectivity index (χ4n) is 3.34. The molecule has 0 saturated carbocycles. The number of fused-ring (bicyclic) bond motifs is 1. The van der Waals surface area contributed by atoms with E-state index in [2.05, 4.69) is 0 Å². The second-order valence-electron chi connectivity index (χ2n) is 5.80. The minimum Gasteiger partial charge on any atom is -0.283 e. The highest BCUT2D eigenvalue weighted by molar-refractivity contribution is 6.07. The standard InChI is InChI=1S/C18H16N2O3/c1-19-17(21)14-15(12-8-4-2-5-9-12)20(23-16(14)18(19)22)13-10-6-3-7-11-13/h2-11,14-16H,1H3/t14-,15+,16+/m1/s1. The predicted octanol–water partition coefficient (Wildman–Crippen LogP) is 2.16. The van der Waals surface area contributed by atoms with Crippen LogP contribution in [0.5, 0.6) is 0 Å². The van der Waals surface area contributed by atoms with Crippen molar-refractivity contribution < 1.29 is 14.4 Å². The second-order valence-corrected chi connectivity index (χ2v) is 5.80. The largest absolute Gasteiger partial charge is 0.283 e. The number of rotatable bonds is 2. The van der Waals surface area contributed by atoms with Crippen molar-refractivity contribution >= 4 is 17.5 Å². The predicted molar refractivity (Wildman–Crippen MR) is 84.2 cm³/mol. The maximum atomic E-state index is 12.6. The number of hydrogen-bond acceptors (Lipinski definition) is 4. The quantitative estimate of drug-likeness (QED) is 0.798. The summed E-state index contributed by atoms with van der Waals surface area (Å²) in [4.78, 5) is 31.9. The summed E-state index contributed by atoms with van der Waals surface area (Å²) in [6.07, 6.45) is -0.752. The van der Waals surface area contributed by atoms with Gasteiger partial charge in [-0.05, 0) is 17.7 Å². The first-order chi connectivity index (χ1) is 11.2. The number of likely N-dealkylation sites (tertiary alicyclic amines) is 1. The van der Waals surface area contributed by atoms with Crippen molar-refractivity contribution in [3.63, 3.8) is 0 Å². The van der Waals surface area contributed by atoms with Crippen molar-refractivity contribution in [1.82, 2.24) is 4.90 Å². The lowest BCUT2D eigenvalue weighted by Gasteiger charge is -2.28. The molecule has 2 aromatic rings. The zero-order chi connectivity index (χ0) is 16.0. The van der Waals surface area contributed by atoms with Crippen LogP contribution in [-0.4, -0.2) is 29.9 Å². The summed E-state index contributed by atoms with van der Waals surface area (Å²) in [6, 6.07) is 18.9. The Balaban J connectivity index is 1.82. The first kappa shape index (κ1) is 14.0. The van der Waals surface area contributed by atoms with Crippen LogP contribution in [0.4, 0.5) is 5.69 Å². The molecule has 23 heavy (non-hydrogen) atoms. The van der Waals surface area contributed by atoms with Crippen LogP contribution in [0.15, 0.2) is 60.7 Å². The van der Waals surface area contributed by atoms with Gasteiger partial charge < -0.3 is 0 Å². The van der Waals surface area contributed by atoms with Crippen LogP contribution in [0.1, 0.15) is 11.6 Å². The van der Waals surface area contributed by atoms with Gasteiger partial charge >= 0.3 is 0 Å². The van der Waals surface area contributed by atoms with Gasteiger partial charge in [-0.3, -0.25) is 19.3 Å². The molecule has 0 aliphatic carbocycles. The third kappa shape index (κ3) is 2.04. The molecule has 5 nitrogen and oxygen atoms in total. The molecular formula is C18H16N2O3. The van der Waals surface area contributed by atoms with Gasteiger partial charge in [-0.1, -0.05) is 48.5 Å². The minimum atomic E-state index is -0.752. The molecule has 3 atom stereocenters. The minimum absolute atomic E-state index is 0.188. The van der Waals surface area contributed by atoms with Gasteiger partial charge in [0.1, 0.15) is 5.92 Å². The number of likely N-dealkylation sites (N-methyl/N-ethyl adjacent to an activating group) is 1. The summed E-state index contributed by atoms with van der Waals surface area (Å²) in [5, 5.41) is 1.70. The number of benzene rings is 2. The third-order valence-electron chi connectivity index (χ3n) is 4.49. The molecule has 0 aromatic heterocycles. The van der Waals surface area contributed by atoms with Gasteiger partial charge in [-0.2, -0.15) is 0 Å². The summed E-state index contributed by atoms with van der Waals surface area (Å²) >= 11 is 0. The van der Waals surface area contributed by atoms with Crippen molar-refractivity contribution in [2.45, 2.75) is 12.1 Å². The molecule has 5 heteroatoms. The fraction of sp³-hybridized carbons (Fsp3) is 0.222. The van der Waals surface area contributed by atoms with Crippen molar-refractivity contribution in [3.05, 3.63) is 66.2 Å². The van der Waals surface area contributed by atoms with E-state index in [1.165, 1.54) is 11.9 Å². The molecule has 0 radical (unpaired) electrons. The van der Waals surface area contributed by atoms with Crippen LogP contribution >= 0.6 is 0 Å². The molecule has 0 N–H and O–H groups in total. The van der Waals surface area contributed by atoms with E-state index in [1.807, 2.05) is 60.7 Å². The summed E-state index contributed by atoms with van der Waals surface area (Å²) in [5.41, 5.74) is 1.79. The lowest BCUT2D eigenvalue weighted by atomic mass is 9.90. The molecular weight excluding hydrogens is 292 g/mol. The highest BCUT2D eigenvalue weighted by Gasteiger charge is 2.58. The number of carbonyl (C=O) groups excluding carboxylic acids is 2. The molecule has 2 saturated heterocycles. The molecule has 0 unspecified atom stereocenters. The smallest absolute Gasteiger partial charge is 0.261 e. The van der Waals surface area contributed by atoms with E-state index in [-0.39, 0.29) is 17.9 Å². The van der Waals surface area contributed by atoms with E-state index in [1.54, 1.807) is 5.06 Å². The second kappa shape index (κ2) is 5.21. The first-order valence-electron chi connectivity index (χ1n) is 7.56. The Bertz CT molecular complexity index is 747. The number of carbonyl (C=O) groups is 2. The number of nitrogens with zero attached hydrogens (tertiary/aromatic N) is 2. The Morgan fingerprint density at radius 3 is 2.13 bits per heavy atom. The van der Waals surface area contributed by atoms with Gasteiger partial charge in [0.2, 0.25) is 5.91 Å². The van der Waals surface area contributed by atoms with E-state index in [9.17, 15) is 9.59 Å². The van der Waals surface area contributed by atoms with Crippen LogP contribution in [0, 0.1) is 5.92 Å². The summed E-state index contributed by atoms with van der Waals surface area (Å²) in [5.74, 6) is -0.984. The van der Waals surface area contributed by atoms with E-state index in [0.717, 1.165) is 11.3 Å². The average Bonchev–Trinajstić information content (AvgIpc) is 3.09. The fourth-order valence-corrected chi connectivity index (χ4v) is 3.34. The Hall–Kier alpha value is -2.66.